The van der Waals surface area contributed by atoms with E-state index in [-0.39, 0.29) is 17.7 Å². The molecule has 0 spiro atoms. The Hall–Kier alpha value is -2.21. The van der Waals surface area contributed by atoms with Gasteiger partial charge >= 0.3 is 0 Å². The van der Waals surface area contributed by atoms with Crippen molar-refractivity contribution in [3.05, 3.63) is 34.9 Å². The summed E-state index contributed by atoms with van der Waals surface area (Å²) in [7, 11) is 3.96. The minimum atomic E-state index is -0.300. The van der Waals surface area contributed by atoms with Crippen molar-refractivity contribution in [1.29, 1.82) is 0 Å². The standard InChI is InChI=1S/C18H25N3O3/c1-4-5-11-21-17(23)14-8-7-13(12-15(14)18(21)24)16(22)19-9-6-10-20(2)3/h7-8,12H,4-6,9-11H2,1-3H3,(H,19,22). The second kappa shape index (κ2) is 8.06. The second-order valence-corrected chi connectivity index (χ2v) is 6.29. The largest absolute Gasteiger partial charge is 0.352 e. The third-order valence-corrected chi connectivity index (χ3v) is 4.04. The fraction of sp³-hybridized carbons (Fsp3) is 0.500. The van der Waals surface area contributed by atoms with Crippen molar-refractivity contribution in [2.45, 2.75) is 26.2 Å². The van der Waals surface area contributed by atoms with Crippen LogP contribution in [0.15, 0.2) is 18.2 Å². The van der Waals surface area contributed by atoms with E-state index in [2.05, 4.69) is 10.2 Å². The third-order valence-electron chi connectivity index (χ3n) is 4.04. The van der Waals surface area contributed by atoms with Crippen LogP contribution in [0.2, 0.25) is 0 Å². The Morgan fingerprint density at radius 3 is 2.50 bits per heavy atom. The van der Waals surface area contributed by atoms with Crippen LogP contribution in [0.5, 0.6) is 0 Å². The summed E-state index contributed by atoms with van der Waals surface area (Å²) in [5.74, 6) is -0.782. The van der Waals surface area contributed by atoms with Gasteiger partial charge in [-0.2, -0.15) is 0 Å². The molecule has 1 aliphatic heterocycles. The number of nitrogens with zero attached hydrogens (tertiary/aromatic N) is 2. The quantitative estimate of drug-likeness (QED) is 0.582. The molecule has 1 aromatic carbocycles. The van der Waals surface area contributed by atoms with E-state index in [9.17, 15) is 14.4 Å². The lowest BCUT2D eigenvalue weighted by Crippen LogP contribution is -2.30. The van der Waals surface area contributed by atoms with E-state index in [1.54, 1.807) is 12.1 Å². The number of carbonyl (C=O) groups is 3. The fourth-order valence-electron chi connectivity index (χ4n) is 2.65. The molecule has 1 heterocycles. The summed E-state index contributed by atoms with van der Waals surface area (Å²) in [6.45, 7) is 3.90. The Morgan fingerprint density at radius 2 is 1.83 bits per heavy atom. The molecular weight excluding hydrogens is 306 g/mol. The van der Waals surface area contributed by atoms with Crippen molar-refractivity contribution in [1.82, 2.24) is 15.1 Å². The van der Waals surface area contributed by atoms with Crippen LogP contribution < -0.4 is 5.32 Å². The van der Waals surface area contributed by atoms with E-state index in [1.165, 1.54) is 11.0 Å². The first-order valence-electron chi connectivity index (χ1n) is 8.39. The van der Waals surface area contributed by atoms with Crippen LogP contribution in [0.3, 0.4) is 0 Å². The molecule has 6 heteroatoms. The maximum absolute atomic E-state index is 12.4. The zero-order valence-electron chi connectivity index (χ0n) is 14.6. The van der Waals surface area contributed by atoms with Crippen LogP contribution in [0, 0.1) is 0 Å². The van der Waals surface area contributed by atoms with Crippen molar-refractivity contribution in [2.75, 3.05) is 33.7 Å². The first kappa shape index (κ1) is 18.1. The van der Waals surface area contributed by atoms with Gasteiger partial charge in [0, 0.05) is 18.7 Å². The highest BCUT2D eigenvalue weighted by Gasteiger charge is 2.35. The van der Waals surface area contributed by atoms with Gasteiger partial charge in [0.05, 0.1) is 11.1 Å². The lowest BCUT2D eigenvalue weighted by Gasteiger charge is -2.12. The molecule has 0 radical (unpaired) electrons. The van der Waals surface area contributed by atoms with E-state index in [0.717, 1.165) is 25.8 Å². The molecule has 0 aliphatic carbocycles. The highest BCUT2D eigenvalue weighted by atomic mass is 16.2. The van der Waals surface area contributed by atoms with Crippen LogP contribution in [0.1, 0.15) is 57.3 Å². The number of hydrogen-bond acceptors (Lipinski definition) is 4. The number of nitrogens with one attached hydrogen (secondary N) is 1. The highest BCUT2D eigenvalue weighted by Crippen LogP contribution is 2.24. The predicted octanol–water partition coefficient (Wildman–Crippen LogP) is 1.76. The molecule has 1 aliphatic rings. The maximum Gasteiger partial charge on any atom is 0.261 e. The molecule has 3 amide bonds. The number of amides is 3. The monoisotopic (exact) mass is 331 g/mol. The van der Waals surface area contributed by atoms with Crippen molar-refractivity contribution >= 4 is 17.7 Å². The Bertz CT molecular complexity index is 640. The van der Waals surface area contributed by atoms with Crippen LogP contribution in [0.4, 0.5) is 0 Å². The molecule has 0 unspecified atom stereocenters. The lowest BCUT2D eigenvalue weighted by molar-refractivity contribution is 0.0652. The first-order chi connectivity index (χ1) is 11.5. The van der Waals surface area contributed by atoms with E-state index in [0.29, 0.717) is 29.8 Å². The Kier molecular flexibility index (Phi) is 6.09. The average Bonchev–Trinajstić information content (AvgIpc) is 2.80. The van der Waals surface area contributed by atoms with Crippen molar-refractivity contribution in [3.63, 3.8) is 0 Å². The van der Waals surface area contributed by atoms with Gasteiger partial charge in [0.1, 0.15) is 0 Å². The molecule has 0 aromatic heterocycles. The molecule has 2 rings (SSSR count). The van der Waals surface area contributed by atoms with Crippen LogP contribution in [-0.4, -0.2) is 61.3 Å². The van der Waals surface area contributed by atoms with Crippen LogP contribution in [0.25, 0.3) is 0 Å². The number of benzene rings is 1. The van der Waals surface area contributed by atoms with E-state index in [4.69, 9.17) is 0 Å². The minimum absolute atomic E-state index is 0.219. The van der Waals surface area contributed by atoms with Crippen molar-refractivity contribution in [2.24, 2.45) is 0 Å². The lowest BCUT2D eigenvalue weighted by atomic mass is 10.1. The number of unbranched alkanes of at least 4 members (excludes halogenated alkanes) is 1. The number of imide groups is 1. The molecule has 0 bridgehead atoms. The summed E-state index contributed by atoms with van der Waals surface area (Å²) in [5.41, 5.74) is 1.13. The fourth-order valence-corrected chi connectivity index (χ4v) is 2.65. The molecule has 0 saturated heterocycles. The number of fused-ring (bicyclic) bond motifs is 1. The van der Waals surface area contributed by atoms with E-state index >= 15 is 0 Å². The summed E-state index contributed by atoms with van der Waals surface area (Å²) < 4.78 is 0. The summed E-state index contributed by atoms with van der Waals surface area (Å²) in [4.78, 5) is 40.2. The smallest absolute Gasteiger partial charge is 0.261 e. The van der Waals surface area contributed by atoms with E-state index in [1.807, 2.05) is 21.0 Å². The molecule has 0 fully saturated rings. The molecule has 1 N–H and O–H groups in total. The van der Waals surface area contributed by atoms with Crippen molar-refractivity contribution < 1.29 is 14.4 Å². The van der Waals surface area contributed by atoms with Crippen molar-refractivity contribution in [3.8, 4) is 0 Å². The minimum Gasteiger partial charge on any atom is -0.352 e. The van der Waals surface area contributed by atoms with Gasteiger partial charge in [0.15, 0.2) is 0 Å². The van der Waals surface area contributed by atoms with Gasteiger partial charge in [0.2, 0.25) is 0 Å². The van der Waals surface area contributed by atoms with Gasteiger partial charge in [-0.3, -0.25) is 19.3 Å². The van der Waals surface area contributed by atoms with Gasteiger partial charge in [-0.15, -0.1) is 0 Å². The number of rotatable bonds is 8. The molecule has 1 aromatic rings. The Labute approximate surface area is 142 Å². The molecule has 24 heavy (non-hydrogen) atoms. The van der Waals surface area contributed by atoms with Gasteiger partial charge in [0.25, 0.3) is 17.7 Å². The normalized spacial score (nSPS) is 13.6. The topological polar surface area (TPSA) is 69.7 Å². The SMILES string of the molecule is CCCCN1C(=O)c2ccc(C(=O)NCCCN(C)C)cc2C1=O. The number of carbonyl (C=O) groups excluding carboxylic acids is 3. The summed E-state index contributed by atoms with van der Waals surface area (Å²) in [6, 6.07) is 4.72. The highest BCUT2D eigenvalue weighted by molar-refractivity contribution is 6.22. The molecule has 0 saturated carbocycles. The zero-order valence-corrected chi connectivity index (χ0v) is 14.6. The summed E-state index contributed by atoms with van der Waals surface area (Å²) in [6.07, 6.45) is 2.55. The zero-order chi connectivity index (χ0) is 17.7. The number of hydrogen-bond donors (Lipinski definition) is 1. The molecular formula is C18H25N3O3. The average molecular weight is 331 g/mol. The molecule has 6 nitrogen and oxygen atoms in total. The Morgan fingerprint density at radius 1 is 1.12 bits per heavy atom. The third kappa shape index (κ3) is 4.00. The first-order valence-corrected chi connectivity index (χ1v) is 8.39. The maximum atomic E-state index is 12.4. The van der Waals surface area contributed by atoms with Gasteiger partial charge in [-0.05, 0) is 51.7 Å². The van der Waals surface area contributed by atoms with Gasteiger partial charge < -0.3 is 10.2 Å². The van der Waals surface area contributed by atoms with Crippen LogP contribution >= 0.6 is 0 Å². The summed E-state index contributed by atoms with van der Waals surface area (Å²) in [5, 5.41) is 2.84. The van der Waals surface area contributed by atoms with Crippen LogP contribution in [-0.2, 0) is 0 Å². The summed E-state index contributed by atoms with van der Waals surface area (Å²) >= 11 is 0. The molecule has 0 atom stereocenters. The second-order valence-electron chi connectivity index (χ2n) is 6.29. The van der Waals surface area contributed by atoms with Gasteiger partial charge in [-0.25, -0.2) is 0 Å². The molecule has 130 valence electrons. The van der Waals surface area contributed by atoms with Gasteiger partial charge in [-0.1, -0.05) is 13.3 Å². The van der Waals surface area contributed by atoms with E-state index < -0.39 is 0 Å². The Balaban J connectivity index is 2.04. The predicted molar refractivity (Wildman–Crippen MR) is 92.2 cm³/mol.